The highest BCUT2D eigenvalue weighted by molar-refractivity contribution is 7.57. The van der Waals surface area contributed by atoms with E-state index in [0.717, 1.165) is 0 Å². The van der Waals surface area contributed by atoms with Crippen molar-refractivity contribution in [3.8, 4) is 12.1 Å². The Morgan fingerprint density at radius 1 is 1.11 bits per heavy atom. The maximum absolute atomic E-state index is 5.27. The van der Waals surface area contributed by atoms with Crippen LogP contribution in [0.15, 0.2) is 0 Å². The summed E-state index contributed by atoms with van der Waals surface area (Å²) in [5, 5.41) is 0. The van der Waals surface area contributed by atoms with Crippen molar-refractivity contribution >= 4 is 8.22 Å². The van der Waals surface area contributed by atoms with Gasteiger partial charge >= 0.3 is 0 Å². The number of terminal acetylenes is 1. The molecule has 3 heteroatoms. The lowest BCUT2D eigenvalue weighted by Gasteiger charge is -2.24. The minimum Gasteiger partial charge on any atom is -0.266 e. The number of rotatable bonds is 2. The fourth-order valence-electron chi connectivity index (χ4n) is 0.589. The maximum Gasteiger partial charge on any atom is 0.120 e. The van der Waals surface area contributed by atoms with Gasteiger partial charge in [0, 0.05) is 0 Å². The monoisotopic (exact) mass is 144 g/mol. The standard InChI is InChI=1S/C6H13N2P/c1-6-9(7(2)3)8(4)5/h1H,2-5H3. The average Bonchev–Trinajstić information content (AvgIpc) is 1.64. The van der Waals surface area contributed by atoms with Crippen molar-refractivity contribution in [2.45, 2.75) is 0 Å². The Morgan fingerprint density at radius 3 is 1.44 bits per heavy atom. The lowest BCUT2D eigenvalue weighted by atomic mass is 11.3. The predicted octanol–water partition coefficient (Wildman–Crippen LogP) is 1.01. The van der Waals surface area contributed by atoms with E-state index in [1.807, 2.05) is 28.2 Å². The Balaban J connectivity index is 3.87. The Hall–Kier alpha value is -0.0900. The molecule has 0 aromatic heterocycles. The van der Waals surface area contributed by atoms with Gasteiger partial charge in [-0.2, -0.15) is 0 Å². The number of hydrogen-bond acceptors (Lipinski definition) is 2. The number of nitrogens with zero attached hydrogens (tertiary/aromatic N) is 2. The van der Waals surface area contributed by atoms with Gasteiger partial charge in [-0.15, -0.1) is 6.42 Å². The summed E-state index contributed by atoms with van der Waals surface area (Å²) in [7, 11) is 7.48. The van der Waals surface area contributed by atoms with E-state index in [9.17, 15) is 0 Å². The van der Waals surface area contributed by atoms with E-state index in [1.165, 1.54) is 0 Å². The average molecular weight is 144 g/mol. The van der Waals surface area contributed by atoms with Crippen LogP contribution in [0.4, 0.5) is 0 Å². The van der Waals surface area contributed by atoms with Crippen molar-refractivity contribution in [1.82, 2.24) is 9.34 Å². The zero-order chi connectivity index (χ0) is 7.44. The summed E-state index contributed by atoms with van der Waals surface area (Å²) in [6, 6.07) is 0. The molecule has 0 aliphatic heterocycles. The molecule has 2 nitrogen and oxygen atoms in total. The van der Waals surface area contributed by atoms with Crippen molar-refractivity contribution in [3.05, 3.63) is 0 Å². The highest BCUT2D eigenvalue weighted by Gasteiger charge is 2.08. The third kappa shape index (κ3) is 2.81. The van der Waals surface area contributed by atoms with Gasteiger partial charge in [0.25, 0.3) is 0 Å². The van der Waals surface area contributed by atoms with E-state index in [-0.39, 0.29) is 0 Å². The van der Waals surface area contributed by atoms with Gasteiger partial charge in [-0.05, 0) is 33.9 Å². The maximum atomic E-state index is 5.27. The number of hydrogen-bond donors (Lipinski definition) is 0. The largest absolute Gasteiger partial charge is 0.266 e. The van der Waals surface area contributed by atoms with Crippen LogP contribution in [0.5, 0.6) is 0 Å². The molecule has 0 fully saturated rings. The molecule has 0 unspecified atom stereocenters. The minimum absolute atomic E-state index is 0.482. The van der Waals surface area contributed by atoms with Crippen LogP contribution in [0.1, 0.15) is 0 Å². The topological polar surface area (TPSA) is 6.48 Å². The zero-order valence-electron chi connectivity index (χ0n) is 6.42. The van der Waals surface area contributed by atoms with E-state index in [4.69, 9.17) is 6.42 Å². The van der Waals surface area contributed by atoms with Gasteiger partial charge in [0.05, 0.1) is 0 Å². The van der Waals surface area contributed by atoms with Gasteiger partial charge in [0.15, 0.2) is 0 Å². The first-order valence-corrected chi connectivity index (χ1v) is 3.95. The van der Waals surface area contributed by atoms with Gasteiger partial charge in [-0.25, -0.2) is 0 Å². The summed E-state index contributed by atoms with van der Waals surface area (Å²) in [6.45, 7) is 0. The van der Waals surface area contributed by atoms with E-state index in [1.54, 1.807) is 0 Å². The van der Waals surface area contributed by atoms with E-state index in [0.29, 0.717) is 0 Å². The fourth-order valence-corrected chi connectivity index (χ4v) is 1.77. The van der Waals surface area contributed by atoms with Crippen molar-refractivity contribution in [3.63, 3.8) is 0 Å². The highest BCUT2D eigenvalue weighted by atomic mass is 31.1. The molecular weight excluding hydrogens is 131 g/mol. The van der Waals surface area contributed by atoms with Gasteiger partial charge in [-0.1, -0.05) is 0 Å². The van der Waals surface area contributed by atoms with Crippen LogP contribution >= 0.6 is 8.22 Å². The summed E-state index contributed by atoms with van der Waals surface area (Å²) < 4.78 is 4.10. The molecule has 0 heterocycles. The minimum atomic E-state index is -0.482. The first-order chi connectivity index (χ1) is 4.09. The second-order valence-corrected chi connectivity index (χ2v) is 4.55. The van der Waals surface area contributed by atoms with Crippen molar-refractivity contribution in [1.29, 1.82) is 0 Å². The van der Waals surface area contributed by atoms with Crippen LogP contribution in [0.3, 0.4) is 0 Å². The molecular formula is C6H13N2P. The van der Waals surface area contributed by atoms with Crippen LogP contribution in [0, 0.1) is 12.1 Å². The highest BCUT2D eigenvalue weighted by Crippen LogP contribution is 2.37. The van der Waals surface area contributed by atoms with Crippen molar-refractivity contribution in [2.75, 3.05) is 28.2 Å². The summed E-state index contributed by atoms with van der Waals surface area (Å²) >= 11 is 0. The molecule has 0 aromatic rings. The van der Waals surface area contributed by atoms with Crippen LogP contribution < -0.4 is 0 Å². The second-order valence-electron chi connectivity index (χ2n) is 2.11. The molecule has 0 saturated heterocycles. The SMILES string of the molecule is C#CP(N(C)C)N(C)C. The van der Waals surface area contributed by atoms with Crippen molar-refractivity contribution in [2.24, 2.45) is 0 Å². The molecule has 0 atom stereocenters. The zero-order valence-corrected chi connectivity index (χ0v) is 7.31. The molecule has 0 amide bonds. The van der Waals surface area contributed by atoms with Gasteiger partial charge in [0.1, 0.15) is 8.22 Å². The summed E-state index contributed by atoms with van der Waals surface area (Å²) in [4.78, 5) is 0. The Bertz CT molecular complexity index is 107. The normalized spacial score (nSPS) is 10.9. The summed E-state index contributed by atoms with van der Waals surface area (Å²) in [6.07, 6.45) is 5.27. The third-order valence-electron chi connectivity index (χ3n) is 0.873. The molecule has 0 aliphatic carbocycles. The second kappa shape index (κ2) is 3.85. The van der Waals surface area contributed by atoms with Gasteiger partial charge in [0.2, 0.25) is 0 Å². The van der Waals surface area contributed by atoms with Crippen LogP contribution in [-0.4, -0.2) is 37.5 Å². The predicted molar refractivity (Wildman–Crippen MR) is 43.1 cm³/mol. The Morgan fingerprint density at radius 2 is 1.44 bits per heavy atom. The third-order valence-corrected chi connectivity index (χ3v) is 2.62. The van der Waals surface area contributed by atoms with Crippen molar-refractivity contribution < 1.29 is 0 Å². The molecule has 0 aliphatic rings. The lowest BCUT2D eigenvalue weighted by Crippen LogP contribution is -2.15. The molecule has 52 valence electrons. The molecule has 0 N–H and O–H groups in total. The first kappa shape index (κ1) is 8.91. The first-order valence-electron chi connectivity index (χ1n) is 2.70. The molecule has 0 radical (unpaired) electrons. The Kier molecular flexibility index (Phi) is 3.81. The molecule has 9 heavy (non-hydrogen) atoms. The molecule has 0 saturated carbocycles. The lowest BCUT2D eigenvalue weighted by molar-refractivity contribution is 0.585. The smallest absolute Gasteiger partial charge is 0.120 e. The molecule has 0 bridgehead atoms. The molecule has 0 spiro atoms. The quantitative estimate of drug-likeness (QED) is 0.421. The van der Waals surface area contributed by atoms with Gasteiger partial charge < -0.3 is 0 Å². The fraction of sp³-hybridized carbons (Fsp3) is 0.667. The van der Waals surface area contributed by atoms with E-state index >= 15 is 0 Å². The molecule has 0 aromatic carbocycles. The van der Waals surface area contributed by atoms with E-state index < -0.39 is 8.22 Å². The summed E-state index contributed by atoms with van der Waals surface area (Å²) in [5.74, 6) is 0. The molecule has 0 rings (SSSR count). The van der Waals surface area contributed by atoms with Crippen LogP contribution in [0.25, 0.3) is 0 Å². The van der Waals surface area contributed by atoms with Gasteiger partial charge in [-0.3, -0.25) is 9.34 Å². The summed E-state index contributed by atoms with van der Waals surface area (Å²) in [5.41, 5.74) is 2.72. The van der Waals surface area contributed by atoms with Crippen LogP contribution in [-0.2, 0) is 0 Å². The Labute approximate surface area is 58.7 Å². The van der Waals surface area contributed by atoms with Crippen LogP contribution in [0.2, 0.25) is 0 Å². The van der Waals surface area contributed by atoms with E-state index in [2.05, 4.69) is 15.0 Å².